The molecule has 158 valence electrons. The number of aromatic hydroxyl groups is 1. The van der Waals surface area contributed by atoms with Gasteiger partial charge in [0, 0.05) is 28.4 Å². The predicted molar refractivity (Wildman–Crippen MR) is 123 cm³/mol. The summed E-state index contributed by atoms with van der Waals surface area (Å²) < 4.78 is 0. The molecular weight excluding hydrogens is 428 g/mol. The van der Waals surface area contributed by atoms with Crippen molar-refractivity contribution in [2.75, 3.05) is 4.90 Å². The molecule has 7 heteroatoms. The van der Waals surface area contributed by atoms with Gasteiger partial charge < -0.3 is 15.2 Å². The highest BCUT2D eigenvalue weighted by Gasteiger charge is 2.47. The zero-order valence-corrected chi connectivity index (χ0v) is 17.4. The van der Waals surface area contributed by atoms with Crippen molar-refractivity contribution >= 4 is 45.6 Å². The number of fused-ring (bicyclic) bond motifs is 1. The number of phenolic OH excluding ortho intramolecular Hbond substituents is 1. The van der Waals surface area contributed by atoms with E-state index in [2.05, 4.69) is 4.98 Å². The van der Waals surface area contributed by atoms with Crippen molar-refractivity contribution in [3.05, 3.63) is 101 Å². The monoisotopic (exact) mass is 444 g/mol. The maximum absolute atomic E-state index is 13.2. The predicted octanol–water partition coefficient (Wildman–Crippen LogP) is 5.15. The molecule has 1 saturated heterocycles. The molecule has 1 atom stereocenters. The summed E-state index contributed by atoms with van der Waals surface area (Å²) in [6.07, 6.45) is 1.61. The molecule has 6 nitrogen and oxygen atoms in total. The van der Waals surface area contributed by atoms with Crippen LogP contribution in [0.2, 0.25) is 5.02 Å². The number of aromatic nitrogens is 1. The van der Waals surface area contributed by atoms with Crippen molar-refractivity contribution in [1.82, 2.24) is 4.98 Å². The Morgan fingerprint density at radius 1 is 0.969 bits per heavy atom. The van der Waals surface area contributed by atoms with Gasteiger partial charge >= 0.3 is 0 Å². The molecule has 5 rings (SSSR count). The summed E-state index contributed by atoms with van der Waals surface area (Å²) in [6, 6.07) is 19.6. The van der Waals surface area contributed by atoms with E-state index in [1.54, 1.807) is 42.6 Å². The van der Waals surface area contributed by atoms with Gasteiger partial charge in [-0.3, -0.25) is 14.5 Å². The average Bonchev–Trinajstić information content (AvgIpc) is 3.35. The third-order valence-corrected chi connectivity index (χ3v) is 5.91. The molecule has 2 heterocycles. The molecule has 32 heavy (non-hydrogen) atoms. The van der Waals surface area contributed by atoms with E-state index in [1.165, 1.54) is 17.0 Å². The summed E-state index contributed by atoms with van der Waals surface area (Å²) in [7, 11) is 0. The van der Waals surface area contributed by atoms with E-state index in [0.29, 0.717) is 16.8 Å². The number of nitrogens with one attached hydrogen (secondary N) is 1. The number of benzene rings is 3. The minimum Gasteiger partial charge on any atom is -0.507 e. The van der Waals surface area contributed by atoms with Crippen LogP contribution in [0.5, 0.6) is 5.75 Å². The molecule has 1 aromatic heterocycles. The Kier molecular flexibility index (Phi) is 4.72. The first-order valence-electron chi connectivity index (χ1n) is 9.88. The minimum atomic E-state index is -0.927. The molecule has 1 aliphatic heterocycles. The fraction of sp³-hybridized carbons (Fsp3) is 0.0400. The summed E-state index contributed by atoms with van der Waals surface area (Å²) in [5, 5.41) is 22.0. The summed E-state index contributed by atoms with van der Waals surface area (Å²) >= 11 is 6.14. The van der Waals surface area contributed by atoms with Crippen LogP contribution >= 0.6 is 11.6 Å². The zero-order valence-electron chi connectivity index (χ0n) is 16.6. The molecule has 0 saturated carbocycles. The number of Topliss-reactive ketones (excluding diaryl/α,β-unsaturated/α-hetero) is 1. The number of aliphatic hydroxyl groups is 1. The summed E-state index contributed by atoms with van der Waals surface area (Å²) in [5.41, 5.74) is 2.14. The number of nitrogens with zero attached hydrogens (tertiary/aromatic N) is 1. The maximum atomic E-state index is 13.2. The smallest absolute Gasteiger partial charge is 0.300 e. The SMILES string of the molecule is O=C1C(=O)N(c2ccccc2)C(c2ccc(O)c(Cl)c2)/C1=C(/O)c1c[nH]c2ccccc12. The van der Waals surface area contributed by atoms with Gasteiger partial charge in [-0.1, -0.05) is 54.1 Å². The van der Waals surface area contributed by atoms with Crippen LogP contribution < -0.4 is 4.90 Å². The molecule has 4 aromatic rings. The number of amides is 1. The Bertz CT molecular complexity index is 1410. The minimum absolute atomic E-state index is 0.0506. The van der Waals surface area contributed by atoms with Crippen molar-refractivity contribution in [2.24, 2.45) is 0 Å². The van der Waals surface area contributed by atoms with Crippen molar-refractivity contribution in [2.45, 2.75) is 6.04 Å². The molecule has 0 aliphatic carbocycles. The van der Waals surface area contributed by atoms with Gasteiger partial charge in [0.05, 0.1) is 16.6 Å². The molecule has 0 radical (unpaired) electrons. The molecule has 0 bridgehead atoms. The lowest BCUT2D eigenvalue weighted by molar-refractivity contribution is -0.132. The van der Waals surface area contributed by atoms with Gasteiger partial charge in [0.2, 0.25) is 0 Å². The van der Waals surface area contributed by atoms with Crippen LogP contribution in [0, 0.1) is 0 Å². The highest BCUT2D eigenvalue weighted by molar-refractivity contribution is 6.52. The second-order valence-corrected chi connectivity index (χ2v) is 7.87. The number of carbonyl (C=O) groups is 2. The van der Waals surface area contributed by atoms with Crippen molar-refractivity contribution in [3.63, 3.8) is 0 Å². The Hall–Kier alpha value is -4.03. The van der Waals surface area contributed by atoms with Crippen LogP contribution in [0.15, 0.2) is 84.6 Å². The molecule has 1 aliphatic rings. The number of hydrogen-bond donors (Lipinski definition) is 3. The Balaban J connectivity index is 1.77. The van der Waals surface area contributed by atoms with Gasteiger partial charge in [-0.05, 0) is 35.9 Å². The molecule has 1 amide bonds. The number of rotatable bonds is 3. The van der Waals surface area contributed by atoms with Gasteiger partial charge in [-0.2, -0.15) is 0 Å². The molecule has 0 spiro atoms. The number of anilines is 1. The summed E-state index contributed by atoms with van der Waals surface area (Å²) in [5.74, 6) is -1.96. The van der Waals surface area contributed by atoms with E-state index in [-0.39, 0.29) is 22.1 Å². The van der Waals surface area contributed by atoms with Crippen LogP contribution in [0.4, 0.5) is 5.69 Å². The van der Waals surface area contributed by atoms with Crippen LogP contribution in [0.25, 0.3) is 16.7 Å². The molecular formula is C25H17ClN2O4. The quantitative estimate of drug-likeness (QED) is 0.231. The van der Waals surface area contributed by atoms with Crippen molar-refractivity contribution < 1.29 is 19.8 Å². The first-order valence-corrected chi connectivity index (χ1v) is 10.3. The second-order valence-electron chi connectivity index (χ2n) is 7.46. The topological polar surface area (TPSA) is 93.6 Å². The maximum Gasteiger partial charge on any atom is 0.300 e. The van der Waals surface area contributed by atoms with E-state index in [9.17, 15) is 19.8 Å². The van der Waals surface area contributed by atoms with Gasteiger partial charge in [0.15, 0.2) is 0 Å². The molecule has 1 fully saturated rings. The lowest BCUT2D eigenvalue weighted by atomic mass is 9.95. The standard InChI is InChI=1S/C25H17ClN2O4/c26-18-12-14(10-11-20(18)29)22-21(23(30)17-13-27-19-9-5-4-8-16(17)19)24(31)25(32)28(22)15-6-2-1-3-7-15/h1-13,22,27,29-30H/b23-21-. The first-order chi connectivity index (χ1) is 15.5. The van der Waals surface area contributed by atoms with Crippen molar-refractivity contribution in [1.29, 1.82) is 0 Å². The molecule has 3 aromatic carbocycles. The van der Waals surface area contributed by atoms with Gasteiger partial charge in [-0.25, -0.2) is 0 Å². The number of carbonyl (C=O) groups excluding carboxylic acids is 2. The van der Waals surface area contributed by atoms with Crippen LogP contribution in [0.3, 0.4) is 0 Å². The second kappa shape index (κ2) is 7.59. The van der Waals surface area contributed by atoms with E-state index in [4.69, 9.17) is 11.6 Å². The number of aliphatic hydroxyl groups excluding tert-OH is 1. The Morgan fingerprint density at radius 2 is 1.69 bits per heavy atom. The highest BCUT2D eigenvalue weighted by Crippen LogP contribution is 2.44. The largest absolute Gasteiger partial charge is 0.507 e. The molecule has 3 N–H and O–H groups in total. The number of aromatic amines is 1. The third kappa shape index (κ3) is 3.04. The van der Waals surface area contributed by atoms with Gasteiger partial charge in [-0.15, -0.1) is 0 Å². The Labute approximate surface area is 188 Å². The summed E-state index contributed by atoms with van der Waals surface area (Å²) in [4.78, 5) is 30.7. The lowest BCUT2D eigenvalue weighted by Gasteiger charge is -2.25. The van der Waals surface area contributed by atoms with E-state index in [0.717, 1.165) is 10.9 Å². The third-order valence-electron chi connectivity index (χ3n) is 5.61. The lowest BCUT2D eigenvalue weighted by Crippen LogP contribution is -2.29. The fourth-order valence-electron chi connectivity index (χ4n) is 4.11. The van der Waals surface area contributed by atoms with E-state index in [1.807, 2.05) is 24.3 Å². The normalized spacial score (nSPS) is 17.9. The highest BCUT2D eigenvalue weighted by atomic mass is 35.5. The first kappa shape index (κ1) is 19.9. The summed E-state index contributed by atoms with van der Waals surface area (Å²) in [6.45, 7) is 0. The van der Waals surface area contributed by atoms with E-state index >= 15 is 0 Å². The molecule has 1 unspecified atom stereocenters. The average molecular weight is 445 g/mol. The van der Waals surface area contributed by atoms with Gasteiger partial charge in [0.1, 0.15) is 11.5 Å². The van der Waals surface area contributed by atoms with Crippen LogP contribution in [-0.2, 0) is 9.59 Å². The fourth-order valence-corrected chi connectivity index (χ4v) is 4.30. The number of halogens is 1. The number of H-pyrrole nitrogens is 1. The van der Waals surface area contributed by atoms with Gasteiger partial charge in [0.25, 0.3) is 11.7 Å². The number of phenols is 1. The number of ketones is 1. The zero-order chi connectivity index (χ0) is 22.4. The van der Waals surface area contributed by atoms with Crippen LogP contribution in [-0.4, -0.2) is 26.9 Å². The van der Waals surface area contributed by atoms with E-state index < -0.39 is 17.7 Å². The Morgan fingerprint density at radius 3 is 2.44 bits per heavy atom. The van der Waals surface area contributed by atoms with Crippen LogP contribution in [0.1, 0.15) is 17.2 Å². The number of hydrogen-bond acceptors (Lipinski definition) is 4. The number of para-hydroxylation sites is 2. The van der Waals surface area contributed by atoms with Crippen molar-refractivity contribution in [3.8, 4) is 5.75 Å².